The van der Waals surface area contributed by atoms with Crippen LogP contribution in [-0.4, -0.2) is 20.9 Å². The molecule has 1 amide bonds. The molecule has 0 fully saturated rings. The number of halogens is 1. The summed E-state index contributed by atoms with van der Waals surface area (Å²) in [6.45, 7) is 1.94. The van der Waals surface area contributed by atoms with Crippen molar-refractivity contribution >= 4 is 34.7 Å². The number of aromatic nitrogens is 3. The molecule has 0 atom stereocenters. The standard InChI is InChI=1S/C16H13ClN4O/c1-9-6-10(2-4-12(9)17)13-8-20-16-15(21-13)11(7-19-16)3-5-14(18)22/h2-8H,1H3,(H2,18,22)(H,19,20)/b5-3+. The fraction of sp³-hybridized carbons (Fsp3) is 0.0625. The van der Waals surface area contributed by atoms with Crippen LogP contribution in [0.5, 0.6) is 0 Å². The van der Waals surface area contributed by atoms with E-state index in [0.717, 1.165) is 22.4 Å². The second-order valence-electron chi connectivity index (χ2n) is 4.90. The zero-order valence-corrected chi connectivity index (χ0v) is 12.6. The van der Waals surface area contributed by atoms with Gasteiger partial charge in [-0.05, 0) is 30.7 Å². The Labute approximate surface area is 131 Å². The number of nitrogens with two attached hydrogens (primary N) is 1. The maximum Gasteiger partial charge on any atom is 0.241 e. The van der Waals surface area contributed by atoms with Gasteiger partial charge in [-0.2, -0.15) is 0 Å². The molecule has 0 bridgehead atoms. The predicted molar refractivity (Wildman–Crippen MR) is 87.3 cm³/mol. The zero-order valence-electron chi connectivity index (χ0n) is 11.8. The predicted octanol–water partition coefficient (Wildman–Crippen LogP) is 3.09. The third-order valence-corrected chi connectivity index (χ3v) is 3.72. The molecule has 110 valence electrons. The molecule has 5 nitrogen and oxygen atoms in total. The highest BCUT2D eigenvalue weighted by Crippen LogP contribution is 2.25. The summed E-state index contributed by atoms with van der Waals surface area (Å²) in [5, 5.41) is 0.713. The molecular formula is C16H13ClN4O. The lowest BCUT2D eigenvalue weighted by Crippen LogP contribution is -2.05. The largest absolute Gasteiger partial charge is 0.366 e. The molecule has 0 spiro atoms. The third-order valence-electron chi connectivity index (χ3n) is 3.29. The highest BCUT2D eigenvalue weighted by atomic mass is 35.5. The fourth-order valence-electron chi connectivity index (χ4n) is 2.15. The van der Waals surface area contributed by atoms with Crippen LogP contribution >= 0.6 is 11.6 Å². The van der Waals surface area contributed by atoms with Crippen molar-refractivity contribution in [3.05, 3.63) is 52.8 Å². The van der Waals surface area contributed by atoms with Crippen LogP contribution in [0.3, 0.4) is 0 Å². The van der Waals surface area contributed by atoms with Gasteiger partial charge in [0.25, 0.3) is 0 Å². The Morgan fingerprint density at radius 3 is 2.95 bits per heavy atom. The highest BCUT2D eigenvalue weighted by molar-refractivity contribution is 6.31. The number of nitrogens with zero attached hydrogens (tertiary/aromatic N) is 2. The second kappa shape index (κ2) is 5.61. The molecule has 3 aromatic rings. The summed E-state index contributed by atoms with van der Waals surface area (Å²) in [5.41, 5.74) is 9.86. The summed E-state index contributed by atoms with van der Waals surface area (Å²) >= 11 is 6.05. The van der Waals surface area contributed by atoms with Crippen molar-refractivity contribution in [3.63, 3.8) is 0 Å². The van der Waals surface area contributed by atoms with Crippen LogP contribution in [0.25, 0.3) is 28.5 Å². The van der Waals surface area contributed by atoms with Crippen molar-refractivity contribution < 1.29 is 4.79 Å². The number of carbonyl (C=O) groups excluding carboxylic acids is 1. The normalized spacial score (nSPS) is 11.4. The number of aryl methyl sites for hydroxylation is 1. The number of rotatable bonds is 3. The minimum absolute atomic E-state index is 0.508. The minimum Gasteiger partial charge on any atom is -0.366 e. The minimum atomic E-state index is -0.508. The van der Waals surface area contributed by atoms with Gasteiger partial charge in [0.15, 0.2) is 5.65 Å². The van der Waals surface area contributed by atoms with Crippen LogP contribution in [0, 0.1) is 6.92 Å². The number of carbonyl (C=O) groups is 1. The van der Waals surface area contributed by atoms with E-state index in [1.807, 2.05) is 25.1 Å². The van der Waals surface area contributed by atoms with Gasteiger partial charge in [-0.15, -0.1) is 0 Å². The summed E-state index contributed by atoms with van der Waals surface area (Å²) in [6.07, 6.45) is 6.35. The van der Waals surface area contributed by atoms with Gasteiger partial charge in [0, 0.05) is 28.4 Å². The van der Waals surface area contributed by atoms with E-state index in [2.05, 4.69) is 15.0 Å². The van der Waals surface area contributed by atoms with Crippen molar-refractivity contribution in [2.24, 2.45) is 5.73 Å². The molecule has 0 aliphatic carbocycles. The third kappa shape index (κ3) is 2.71. The van der Waals surface area contributed by atoms with Gasteiger partial charge in [-0.3, -0.25) is 4.79 Å². The van der Waals surface area contributed by atoms with E-state index in [9.17, 15) is 4.79 Å². The number of nitrogens with one attached hydrogen (secondary N) is 1. The number of primary amides is 1. The molecule has 0 saturated heterocycles. The lowest BCUT2D eigenvalue weighted by Gasteiger charge is -2.04. The van der Waals surface area contributed by atoms with Gasteiger partial charge in [-0.1, -0.05) is 17.7 Å². The average Bonchev–Trinajstić information content (AvgIpc) is 2.90. The molecule has 3 rings (SSSR count). The van der Waals surface area contributed by atoms with Crippen LogP contribution in [0.2, 0.25) is 5.02 Å². The Kier molecular flexibility index (Phi) is 3.65. The molecular weight excluding hydrogens is 300 g/mol. The molecule has 2 heterocycles. The van der Waals surface area contributed by atoms with Crippen molar-refractivity contribution in [2.45, 2.75) is 6.92 Å². The Morgan fingerprint density at radius 1 is 1.41 bits per heavy atom. The van der Waals surface area contributed by atoms with E-state index in [0.29, 0.717) is 16.2 Å². The molecule has 22 heavy (non-hydrogen) atoms. The van der Waals surface area contributed by atoms with E-state index in [1.54, 1.807) is 18.5 Å². The number of aromatic amines is 1. The summed E-state index contributed by atoms with van der Waals surface area (Å²) in [6, 6.07) is 5.70. The molecule has 0 saturated carbocycles. The van der Waals surface area contributed by atoms with Crippen molar-refractivity contribution in [1.29, 1.82) is 0 Å². The van der Waals surface area contributed by atoms with E-state index >= 15 is 0 Å². The number of hydrogen-bond acceptors (Lipinski definition) is 3. The summed E-state index contributed by atoms with van der Waals surface area (Å²) in [5.74, 6) is -0.508. The zero-order chi connectivity index (χ0) is 15.7. The summed E-state index contributed by atoms with van der Waals surface area (Å²) in [4.78, 5) is 22.8. The fourth-order valence-corrected chi connectivity index (χ4v) is 2.27. The van der Waals surface area contributed by atoms with Crippen LogP contribution in [-0.2, 0) is 4.79 Å². The maximum atomic E-state index is 10.9. The summed E-state index contributed by atoms with van der Waals surface area (Å²) < 4.78 is 0. The first-order valence-corrected chi connectivity index (χ1v) is 7.00. The quantitative estimate of drug-likeness (QED) is 0.729. The first-order valence-electron chi connectivity index (χ1n) is 6.63. The van der Waals surface area contributed by atoms with E-state index < -0.39 is 5.91 Å². The van der Waals surface area contributed by atoms with Crippen LogP contribution in [0.15, 0.2) is 36.7 Å². The van der Waals surface area contributed by atoms with Crippen LogP contribution in [0.1, 0.15) is 11.1 Å². The van der Waals surface area contributed by atoms with Crippen molar-refractivity contribution in [3.8, 4) is 11.3 Å². The molecule has 0 radical (unpaired) electrons. The van der Waals surface area contributed by atoms with Gasteiger partial charge in [0.1, 0.15) is 5.52 Å². The van der Waals surface area contributed by atoms with Gasteiger partial charge < -0.3 is 10.7 Å². The van der Waals surface area contributed by atoms with Gasteiger partial charge in [0.05, 0.1) is 11.9 Å². The number of benzene rings is 1. The second-order valence-corrected chi connectivity index (χ2v) is 5.30. The van der Waals surface area contributed by atoms with Gasteiger partial charge >= 0.3 is 0 Å². The first-order chi connectivity index (χ1) is 10.5. The SMILES string of the molecule is Cc1cc(-c2cnc3[nH]cc(/C=C/C(N)=O)c3n2)ccc1Cl. The molecule has 1 aromatic carbocycles. The van der Waals surface area contributed by atoms with Crippen LogP contribution in [0.4, 0.5) is 0 Å². The smallest absolute Gasteiger partial charge is 0.241 e. The molecule has 6 heteroatoms. The molecule has 0 aliphatic rings. The van der Waals surface area contributed by atoms with Crippen LogP contribution < -0.4 is 5.73 Å². The van der Waals surface area contributed by atoms with Crippen molar-refractivity contribution in [1.82, 2.24) is 15.0 Å². The topological polar surface area (TPSA) is 84.7 Å². The Morgan fingerprint density at radius 2 is 2.23 bits per heavy atom. The maximum absolute atomic E-state index is 10.9. The average molecular weight is 313 g/mol. The monoisotopic (exact) mass is 312 g/mol. The first kappa shape index (κ1) is 14.3. The molecule has 0 unspecified atom stereocenters. The van der Waals surface area contributed by atoms with Crippen molar-refractivity contribution in [2.75, 3.05) is 0 Å². The van der Waals surface area contributed by atoms with E-state index in [1.165, 1.54) is 6.08 Å². The lowest BCUT2D eigenvalue weighted by molar-refractivity contribution is -0.113. The number of fused-ring (bicyclic) bond motifs is 1. The van der Waals surface area contributed by atoms with Gasteiger partial charge in [-0.25, -0.2) is 9.97 Å². The van der Waals surface area contributed by atoms with Gasteiger partial charge in [0.2, 0.25) is 5.91 Å². The lowest BCUT2D eigenvalue weighted by atomic mass is 10.1. The number of amides is 1. The molecule has 2 aromatic heterocycles. The van der Waals surface area contributed by atoms with E-state index in [4.69, 9.17) is 17.3 Å². The van der Waals surface area contributed by atoms with E-state index in [-0.39, 0.29) is 0 Å². The Bertz CT molecular complexity index is 898. The summed E-state index contributed by atoms with van der Waals surface area (Å²) in [7, 11) is 0. The Hall–Kier alpha value is -2.66. The number of H-pyrrole nitrogens is 1. The highest BCUT2D eigenvalue weighted by Gasteiger charge is 2.08. The molecule has 3 N–H and O–H groups in total. The Balaban J connectivity index is 2.10. The number of hydrogen-bond donors (Lipinski definition) is 2. The molecule has 0 aliphatic heterocycles.